The summed E-state index contributed by atoms with van der Waals surface area (Å²) in [5.41, 5.74) is 13.5. The lowest BCUT2D eigenvalue weighted by molar-refractivity contribution is 1.18. The maximum Gasteiger partial charge on any atom is 0.140 e. The fraction of sp³-hybridized carbons (Fsp3) is 0. The maximum absolute atomic E-state index is 2.50. The number of benzene rings is 8. The van der Waals surface area contributed by atoms with Gasteiger partial charge in [0.15, 0.2) is 0 Å². The summed E-state index contributed by atoms with van der Waals surface area (Å²) in [7, 11) is 2.22. The zero-order chi connectivity index (χ0) is 31.1. The molecule has 2 heterocycles. The van der Waals surface area contributed by atoms with Crippen LogP contribution in [0.3, 0.4) is 0 Å². The summed E-state index contributed by atoms with van der Waals surface area (Å²) >= 11 is 0. The second kappa shape index (κ2) is 9.97. The van der Waals surface area contributed by atoms with Crippen molar-refractivity contribution < 1.29 is 0 Å². The maximum atomic E-state index is 2.50. The molecule has 1 aliphatic rings. The fourth-order valence-electron chi connectivity index (χ4n) is 7.94. The second-order valence-electron chi connectivity index (χ2n) is 12.6. The van der Waals surface area contributed by atoms with E-state index in [4.69, 9.17) is 0 Å². The Balaban J connectivity index is 1.23. The normalized spacial score (nSPS) is 12.3. The zero-order valence-corrected chi connectivity index (χ0v) is 26.0. The van der Waals surface area contributed by atoms with Gasteiger partial charge in [-0.25, -0.2) is 0 Å². The molecule has 0 N–H and O–H groups in total. The average Bonchev–Trinajstić information content (AvgIpc) is 3.46. The highest BCUT2D eigenvalue weighted by Gasteiger charge is 2.27. The first-order valence-electron chi connectivity index (χ1n) is 16.3. The van der Waals surface area contributed by atoms with E-state index in [0.717, 1.165) is 0 Å². The van der Waals surface area contributed by atoms with E-state index in [-0.39, 0.29) is 0 Å². The summed E-state index contributed by atoms with van der Waals surface area (Å²) in [5.74, 6) is 0. The molecular formula is C44H29BN2. The van der Waals surface area contributed by atoms with E-state index in [0.29, 0.717) is 0 Å². The average molecular weight is 597 g/mol. The van der Waals surface area contributed by atoms with E-state index < -0.39 is 0 Å². The minimum atomic E-state index is 1.18. The Morgan fingerprint density at radius 1 is 0.404 bits per heavy atom. The molecule has 0 fully saturated rings. The summed E-state index contributed by atoms with van der Waals surface area (Å²) in [5, 5.41) is 7.63. The largest absolute Gasteiger partial charge is 0.309 e. The molecule has 1 aliphatic heterocycles. The Kier molecular flexibility index (Phi) is 5.56. The van der Waals surface area contributed by atoms with Gasteiger partial charge in [0.05, 0.1) is 28.1 Å². The number of hydrogen-bond acceptors (Lipinski definition) is 1. The van der Waals surface area contributed by atoms with Gasteiger partial charge in [0.1, 0.15) is 7.85 Å². The van der Waals surface area contributed by atoms with Crippen LogP contribution in [0.4, 0.5) is 17.1 Å². The minimum absolute atomic E-state index is 1.18. The predicted molar refractivity (Wildman–Crippen MR) is 203 cm³/mol. The van der Waals surface area contributed by atoms with Crippen LogP contribution in [-0.2, 0) is 0 Å². The van der Waals surface area contributed by atoms with E-state index in [1.807, 2.05) is 0 Å². The molecule has 0 radical (unpaired) electrons. The van der Waals surface area contributed by atoms with Gasteiger partial charge in [0.25, 0.3) is 0 Å². The lowest BCUT2D eigenvalue weighted by Gasteiger charge is -2.35. The van der Waals surface area contributed by atoms with Gasteiger partial charge in [0, 0.05) is 27.4 Å². The molecule has 0 amide bonds. The van der Waals surface area contributed by atoms with Gasteiger partial charge >= 0.3 is 0 Å². The molecule has 10 rings (SSSR count). The van der Waals surface area contributed by atoms with Gasteiger partial charge in [-0.1, -0.05) is 121 Å². The third-order valence-electron chi connectivity index (χ3n) is 10.0. The van der Waals surface area contributed by atoms with Crippen molar-refractivity contribution >= 4 is 73.7 Å². The van der Waals surface area contributed by atoms with Crippen LogP contribution >= 0.6 is 0 Å². The topological polar surface area (TPSA) is 8.17 Å². The van der Waals surface area contributed by atoms with Gasteiger partial charge < -0.3 is 9.47 Å². The van der Waals surface area contributed by atoms with Crippen LogP contribution in [0.2, 0.25) is 0 Å². The van der Waals surface area contributed by atoms with Crippen LogP contribution in [0.25, 0.3) is 71.3 Å². The van der Waals surface area contributed by atoms with E-state index >= 15 is 0 Å². The molecular weight excluding hydrogens is 567 g/mol. The third kappa shape index (κ3) is 3.80. The number of para-hydroxylation sites is 2. The van der Waals surface area contributed by atoms with E-state index in [1.165, 1.54) is 93.8 Å². The molecule has 218 valence electrons. The molecule has 0 unspecified atom stereocenters. The highest BCUT2D eigenvalue weighted by molar-refractivity contribution is 6.40. The molecule has 2 nitrogen and oxygen atoms in total. The smallest absolute Gasteiger partial charge is 0.140 e. The Morgan fingerprint density at radius 2 is 1.04 bits per heavy atom. The summed E-state index contributed by atoms with van der Waals surface area (Å²) in [6, 6.07) is 60.1. The lowest BCUT2D eigenvalue weighted by Crippen LogP contribution is -2.17. The van der Waals surface area contributed by atoms with Crippen LogP contribution in [-0.4, -0.2) is 12.4 Å². The van der Waals surface area contributed by atoms with Crippen molar-refractivity contribution in [2.24, 2.45) is 0 Å². The van der Waals surface area contributed by atoms with Crippen LogP contribution in [0.5, 0.6) is 0 Å². The second-order valence-corrected chi connectivity index (χ2v) is 12.6. The molecule has 0 saturated heterocycles. The van der Waals surface area contributed by atoms with Crippen LogP contribution < -0.4 is 10.4 Å². The third-order valence-corrected chi connectivity index (χ3v) is 10.0. The van der Waals surface area contributed by atoms with Crippen molar-refractivity contribution in [1.29, 1.82) is 0 Å². The Bertz CT molecular complexity index is 2690. The van der Waals surface area contributed by atoms with Gasteiger partial charge in [-0.15, -0.1) is 0 Å². The molecule has 3 heteroatoms. The summed E-state index contributed by atoms with van der Waals surface area (Å²) in [4.78, 5) is 2.50. The van der Waals surface area contributed by atoms with Crippen molar-refractivity contribution in [3.8, 4) is 27.9 Å². The van der Waals surface area contributed by atoms with Crippen molar-refractivity contribution in [2.75, 3.05) is 4.90 Å². The molecule has 0 aliphatic carbocycles. The van der Waals surface area contributed by atoms with Gasteiger partial charge in [-0.2, -0.15) is 0 Å². The highest BCUT2D eigenvalue weighted by atomic mass is 15.2. The zero-order valence-electron chi connectivity index (χ0n) is 26.0. The summed E-state index contributed by atoms with van der Waals surface area (Å²) < 4.78 is 2.38. The molecule has 0 spiro atoms. The molecule has 47 heavy (non-hydrogen) atoms. The van der Waals surface area contributed by atoms with Crippen molar-refractivity contribution in [3.63, 3.8) is 0 Å². The molecule has 8 aromatic carbocycles. The number of aromatic nitrogens is 1. The quantitative estimate of drug-likeness (QED) is 0.184. The molecule has 0 atom stereocenters. The van der Waals surface area contributed by atoms with Crippen molar-refractivity contribution in [1.82, 2.24) is 4.57 Å². The molecule has 9 aromatic rings. The van der Waals surface area contributed by atoms with E-state index in [1.54, 1.807) is 0 Å². The molecule has 1 aromatic heterocycles. The number of nitrogens with zero attached hydrogens (tertiary/aromatic N) is 2. The molecule has 0 bridgehead atoms. The standard InChI is InChI=1S/C44H29BN2/c45-37-18-7-11-29-13-9-21-41(44(29)37)47-40-20-8-12-28-10-6-17-35(43(28)40)34-24-22-31(27-42(34)47)30-23-25-39-36(26-30)33-16-4-5-19-38(33)46(39)32-14-2-1-3-15-32/h1-27H,45H2. The van der Waals surface area contributed by atoms with Crippen LogP contribution in [0, 0.1) is 0 Å². The first-order chi connectivity index (χ1) is 23.2. The van der Waals surface area contributed by atoms with Gasteiger partial charge in [-0.3, -0.25) is 0 Å². The number of hydrogen-bond donors (Lipinski definition) is 0. The summed E-state index contributed by atoms with van der Waals surface area (Å²) in [6.45, 7) is 0. The minimum Gasteiger partial charge on any atom is -0.309 e. The van der Waals surface area contributed by atoms with Gasteiger partial charge in [0.2, 0.25) is 0 Å². The first-order valence-corrected chi connectivity index (χ1v) is 16.3. The fourth-order valence-corrected chi connectivity index (χ4v) is 7.94. The number of fused-ring (bicyclic) bond motifs is 6. The highest BCUT2D eigenvalue weighted by Crippen LogP contribution is 2.52. The van der Waals surface area contributed by atoms with Crippen LogP contribution in [0.1, 0.15) is 0 Å². The summed E-state index contributed by atoms with van der Waals surface area (Å²) in [6.07, 6.45) is 0. The lowest BCUT2D eigenvalue weighted by atomic mass is 9.86. The predicted octanol–water partition coefficient (Wildman–Crippen LogP) is 10.5. The van der Waals surface area contributed by atoms with Crippen molar-refractivity contribution in [2.45, 2.75) is 0 Å². The Hall–Kier alpha value is -6.06. The van der Waals surface area contributed by atoms with E-state index in [2.05, 4.69) is 181 Å². The Morgan fingerprint density at radius 3 is 1.87 bits per heavy atom. The van der Waals surface area contributed by atoms with Crippen LogP contribution in [0.15, 0.2) is 164 Å². The van der Waals surface area contributed by atoms with E-state index in [9.17, 15) is 0 Å². The van der Waals surface area contributed by atoms with Crippen molar-refractivity contribution in [3.05, 3.63) is 164 Å². The SMILES string of the molecule is Bc1cccc2cccc(N3c4cc(-c5ccc6c(c5)c5ccccc5n6-c5ccccc5)ccc4-c4cccc5cccc3c45)c12. The number of anilines is 3. The molecule has 0 saturated carbocycles. The Labute approximate surface area is 274 Å². The van der Waals surface area contributed by atoms with Gasteiger partial charge in [-0.05, 0) is 81.4 Å². The first kappa shape index (κ1) is 26.2. The monoisotopic (exact) mass is 596 g/mol. The number of rotatable bonds is 3.